The highest BCUT2D eigenvalue weighted by Gasteiger charge is 2.22. The van der Waals surface area contributed by atoms with Crippen LogP contribution in [0, 0.1) is 0 Å². The van der Waals surface area contributed by atoms with Gasteiger partial charge in [-0.25, -0.2) is 0 Å². The van der Waals surface area contributed by atoms with Crippen molar-refractivity contribution in [1.82, 2.24) is 10.6 Å². The van der Waals surface area contributed by atoms with Crippen molar-refractivity contribution in [2.75, 3.05) is 11.6 Å². The average molecular weight is 366 g/mol. The maximum absolute atomic E-state index is 12.5. The molecule has 0 spiro atoms. The molecule has 0 fully saturated rings. The normalized spacial score (nSPS) is 11.6. The lowest BCUT2D eigenvalue weighted by molar-refractivity contribution is -0.128. The number of nitrogens with two attached hydrogens (primary N) is 1. The van der Waals surface area contributed by atoms with Crippen molar-refractivity contribution in [1.29, 1.82) is 0 Å². The number of amides is 2. The van der Waals surface area contributed by atoms with Crippen LogP contribution in [0.3, 0.4) is 0 Å². The Bertz CT molecular complexity index is 723. The van der Waals surface area contributed by atoms with E-state index in [4.69, 9.17) is 28.9 Å². The predicted molar refractivity (Wildman–Crippen MR) is 95.8 cm³/mol. The first-order valence-electron chi connectivity index (χ1n) is 7.23. The molecule has 2 aromatic rings. The van der Waals surface area contributed by atoms with Crippen molar-refractivity contribution in [3.63, 3.8) is 0 Å². The SMILES string of the molecule is Nc1ccc(CNC(=O)C(NC(=O)CCl)c2ccccc2)cc1Cl. The van der Waals surface area contributed by atoms with E-state index >= 15 is 0 Å². The number of halogens is 2. The highest BCUT2D eigenvalue weighted by Crippen LogP contribution is 2.20. The molecule has 7 heteroatoms. The van der Waals surface area contributed by atoms with Crippen LogP contribution >= 0.6 is 23.2 Å². The van der Waals surface area contributed by atoms with Crippen LogP contribution in [-0.4, -0.2) is 17.7 Å². The molecular weight excluding hydrogens is 349 g/mol. The van der Waals surface area contributed by atoms with E-state index in [2.05, 4.69) is 10.6 Å². The number of hydrogen-bond donors (Lipinski definition) is 3. The molecule has 0 heterocycles. The molecule has 0 aromatic heterocycles. The molecular formula is C17H17Cl2N3O2. The summed E-state index contributed by atoms with van der Waals surface area (Å²) < 4.78 is 0. The van der Waals surface area contributed by atoms with Crippen LogP contribution in [0.4, 0.5) is 5.69 Å². The van der Waals surface area contributed by atoms with Crippen molar-refractivity contribution < 1.29 is 9.59 Å². The van der Waals surface area contributed by atoms with Gasteiger partial charge >= 0.3 is 0 Å². The molecule has 0 aliphatic heterocycles. The molecule has 2 rings (SSSR count). The Morgan fingerprint density at radius 2 is 1.83 bits per heavy atom. The van der Waals surface area contributed by atoms with Gasteiger partial charge in [0.15, 0.2) is 0 Å². The fourth-order valence-electron chi connectivity index (χ4n) is 2.12. The first-order chi connectivity index (χ1) is 11.5. The van der Waals surface area contributed by atoms with E-state index in [1.54, 1.807) is 42.5 Å². The zero-order valence-corrected chi connectivity index (χ0v) is 14.3. The molecule has 0 aliphatic rings. The van der Waals surface area contributed by atoms with E-state index in [-0.39, 0.29) is 18.3 Å². The minimum absolute atomic E-state index is 0.218. The Morgan fingerprint density at radius 3 is 2.46 bits per heavy atom. The van der Waals surface area contributed by atoms with Gasteiger partial charge in [0.1, 0.15) is 11.9 Å². The van der Waals surface area contributed by atoms with Crippen molar-refractivity contribution in [2.45, 2.75) is 12.6 Å². The van der Waals surface area contributed by atoms with E-state index < -0.39 is 11.9 Å². The molecule has 24 heavy (non-hydrogen) atoms. The van der Waals surface area contributed by atoms with Crippen LogP contribution in [0.25, 0.3) is 0 Å². The molecule has 4 N–H and O–H groups in total. The molecule has 0 radical (unpaired) electrons. The minimum Gasteiger partial charge on any atom is -0.398 e. The lowest BCUT2D eigenvalue weighted by atomic mass is 10.1. The van der Waals surface area contributed by atoms with Gasteiger partial charge in [0.25, 0.3) is 0 Å². The Morgan fingerprint density at radius 1 is 1.12 bits per heavy atom. The monoisotopic (exact) mass is 365 g/mol. The van der Waals surface area contributed by atoms with Crippen LogP contribution in [-0.2, 0) is 16.1 Å². The summed E-state index contributed by atoms with van der Waals surface area (Å²) in [5, 5.41) is 5.82. The van der Waals surface area contributed by atoms with Gasteiger partial charge in [-0.3, -0.25) is 9.59 Å². The van der Waals surface area contributed by atoms with Crippen LogP contribution in [0.15, 0.2) is 48.5 Å². The molecule has 1 atom stereocenters. The maximum atomic E-state index is 12.5. The van der Waals surface area contributed by atoms with Gasteiger partial charge in [-0.2, -0.15) is 0 Å². The highest BCUT2D eigenvalue weighted by molar-refractivity contribution is 6.33. The summed E-state index contributed by atoms with van der Waals surface area (Å²) in [7, 11) is 0. The van der Waals surface area contributed by atoms with Gasteiger partial charge in [-0.05, 0) is 23.3 Å². The van der Waals surface area contributed by atoms with Crippen LogP contribution in [0.1, 0.15) is 17.2 Å². The van der Waals surface area contributed by atoms with Crippen molar-refractivity contribution >= 4 is 40.7 Å². The Balaban J connectivity index is 2.09. The quantitative estimate of drug-likeness (QED) is 0.543. The third-order valence-electron chi connectivity index (χ3n) is 3.35. The number of carbonyl (C=O) groups is 2. The second-order valence-corrected chi connectivity index (χ2v) is 5.79. The van der Waals surface area contributed by atoms with Crippen LogP contribution in [0.2, 0.25) is 5.02 Å². The highest BCUT2D eigenvalue weighted by atomic mass is 35.5. The third-order valence-corrected chi connectivity index (χ3v) is 3.92. The van der Waals surface area contributed by atoms with Gasteiger partial charge in [-0.1, -0.05) is 48.0 Å². The molecule has 5 nitrogen and oxygen atoms in total. The number of nitrogens with one attached hydrogen (secondary N) is 2. The summed E-state index contributed by atoms with van der Waals surface area (Å²) >= 11 is 11.5. The van der Waals surface area contributed by atoms with Crippen molar-refractivity contribution in [3.8, 4) is 0 Å². The minimum atomic E-state index is -0.818. The smallest absolute Gasteiger partial charge is 0.247 e. The van der Waals surface area contributed by atoms with Gasteiger partial charge < -0.3 is 16.4 Å². The summed E-state index contributed by atoms with van der Waals surface area (Å²) in [6, 6.07) is 13.3. The van der Waals surface area contributed by atoms with Gasteiger partial charge in [0, 0.05) is 6.54 Å². The summed E-state index contributed by atoms with van der Waals surface area (Å²) in [5.74, 6) is -0.978. The summed E-state index contributed by atoms with van der Waals surface area (Å²) in [5.41, 5.74) is 7.61. The van der Waals surface area contributed by atoms with Crippen molar-refractivity contribution in [2.24, 2.45) is 0 Å². The predicted octanol–water partition coefficient (Wildman–Crippen LogP) is 2.63. The van der Waals surface area contributed by atoms with Gasteiger partial charge in [-0.15, -0.1) is 11.6 Å². The lowest BCUT2D eigenvalue weighted by Gasteiger charge is -2.18. The topological polar surface area (TPSA) is 84.2 Å². The average Bonchev–Trinajstić information content (AvgIpc) is 2.60. The van der Waals surface area contributed by atoms with E-state index in [1.165, 1.54) is 0 Å². The molecule has 0 bridgehead atoms. The molecule has 0 aliphatic carbocycles. The molecule has 0 saturated heterocycles. The summed E-state index contributed by atoms with van der Waals surface area (Å²) in [6.07, 6.45) is 0. The van der Waals surface area contributed by atoms with Crippen LogP contribution < -0.4 is 16.4 Å². The second kappa shape index (κ2) is 8.57. The number of anilines is 1. The number of rotatable bonds is 6. The molecule has 2 amide bonds. The zero-order chi connectivity index (χ0) is 17.5. The largest absolute Gasteiger partial charge is 0.398 e. The molecule has 126 valence electrons. The number of carbonyl (C=O) groups excluding carboxylic acids is 2. The lowest BCUT2D eigenvalue weighted by Crippen LogP contribution is -2.40. The van der Waals surface area contributed by atoms with E-state index in [0.29, 0.717) is 16.3 Å². The molecule has 1 unspecified atom stereocenters. The fraction of sp³-hybridized carbons (Fsp3) is 0.176. The first-order valence-corrected chi connectivity index (χ1v) is 8.14. The summed E-state index contributed by atoms with van der Waals surface area (Å²) in [6.45, 7) is 0.263. The zero-order valence-electron chi connectivity index (χ0n) is 12.8. The first kappa shape index (κ1) is 18.1. The summed E-state index contributed by atoms with van der Waals surface area (Å²) in [4.78, 5) is 24.1. The fourth-order valence-corrected chi connectivity index (χ4v) is 2.40. The maximum Gasteiger partial charge on any atom is 0.247 e. The standard InChI is InChI=1S/C17H17Cl2N3O2/c18-9-15(23)22-16(12-4-2-1-3-5-12)17(24)21-10-11-6-7-14(20)13(19)8-11/h1-8,16H,9-10,20H2,(H,21,24)(H,22,23). The number of nitrogen functional groups attached to an aromatic ring is 1. The Labute approximate surface area is 150 Å². The van der Waals surface area contributed by atoms with Gasteiger partial charge in [0.2, 0.25) is 11.8 Å². The van der Waals surface area contributed by atoms with E-state index in [1.807, 2.05) is 6.07 Å². The Kier molecular flexibility index (Phi) is 6.46. The number of alkyl halides is 1. The van der Waals surface area contributed by atoms with E-state index in [9.17, 15) is 9.59 Å². The third kappa shape index (κ3) is 4.88. The Hall–Kier alpha value is -2.24. The second-order valence-electron chi connectivity index (χ2n) is 5.12. The van der Waals surface area contributed by atoms with E-state index in [0.717, 1.165) is 5.56 Å². The molecule has 2 aromatic carbocycles. The van der Waals surface area contributed by atoms with Crippen molar-refractivity contribution in [3.05, 3.63) is 64.7 Å². The number of benzene rings is 2. The molecule has 0 saturated carbocycles. The van der Waals surface area contributed by atoms with Crippen LogP contribution in [0.5, 0.6) is 0 Å². The number of hydrogen-bond acceptors (Lipinski definition) is 3. The van der Waals surface area contributed by atoms with Gasteiger partial charge in [0.05, 0.1) is 10.7 Å².